The van der Waals surface area contributed by atoms with Crippen LogP contribution in [0.4, 0.5) is 0 Å². The highest BCUT2D eigenvalue weighted by Crippen LogP contribution is 2.25. The first kappa shape index (κ1) is 22.7. The van der Waals surface area contributed by atoms with E-state index in [9.17, 15) is 13.2 Å². The maximum Gasteiger partial charge on any atom is 0.317 e. The molecule has 0 amide bonds. The van der Waals surface area contributed by atoms with Crippen LogP contribution in [0.25, 0.3) is 0 Å². The first-order valence-corrected chi connectivity index (χ1v) is 10.0. The average molecular weight is 407 g/mol. The molecule has 9 heteroatoms. The SMILES string of the molecule is CCCOc1ccc(S(=O)(=O)N2CCCC(CNCC(=O)O)C2)cc1.Cl. The minimum atomic E-state index is -3.54. The number of hydrogen-bond acceptors (Lipinski definition) is 5. The van der Waals surface area contributed by atoms with Crippen molar-refractivity contribution in [2.75, 3.05) is 32.8 Å². The summed E-state index contributed by atoms with van der Waals surface area (Å²) < 4.78 is 32.6. The number of halogens is 1. The summed E-state index contributed by atoms with van der Waals surface area (Å²) in [5, 5.41) is 11.5. The van der Waals surface area contributed by atoms with Crippen molar-refractivity contribution >= 4 is 28.4 Å². The number of nitrogens with one attached hydrogen (secondary N) is 1. The van der Waals surface area contributed by atoms with Crippen LogP contribution >= 0.6 is 12.4 Å². The minimum Gasteiger partial charge on any atom is -0.494 e. The first-order chi connectivity index (χ1) is 11.9. The van der Waals surface area contributed by atoms with E-state index in [0.717, 1.165) is 19.3 Å². The molecule has 0 saturated carbocycles. The number of hydrogen-bond donors (Lipinski definition) is 2. The number of ether oxygens (including phenoxy) is 1. The molecule has 1 fully saturated rings. The number of rotatable bonds is 9. The van der Waals surface area contributed by atoms with Crippen LogP contribution in [0.3, 0.4) is 0 Å². The van der Waals surface area contributed by atoms with Gasteiger partial charge in [-0.1, -0.05) is 6.92 Å². The number of carboxylic acid groups (broad SMARTS) is 1. The van der Waals surface area contributed by atoms with Crippen LogP contribution in [-0.2, 0) is 14.8 Å². The second-order valence-electron chi connectivity index (χ2n) is 6.22. The maximum atomic E-state index is 12.8. The van der Waals surface area contributed by atoms with Crippen LogP contribution in [0.2, 0.25) is 0 Å². The summed E-state index contributed by atoms with van der Waals surface area (Å²) in [4.78, 5) is 10.8. The Morgan fingerprint density at radius 1 is 1.35 bits per heavy atom. The molecule has 1 saturated heterocycles. The van der Waals surface area contributed by atoms with E-state index in [0.29, 0.717) is 32.0 Å². The highest BCUT2D eigenvalue weighted by atomic mass is 35.5. The summed E-state index contributed by atoms with van der Waals surface area (Å²) >= 11 is 0. The van der Waals surface area contributed by atoms with Gasteiger partial charge in [0.1, 0.15) is 5.75 Å². The summed E-state index contributed by atoms with van der Waals surface area (Å²) in [6.07, 6.45) is 2.56. The molecule has 1 unspecified atom stereocenters. The summed E-state index contributed by atoms with van der Waals surface area (Å²) in [7, 11) is -3.54. The fraction of sp³-hybridized carbons (Fsp3) is 0.588. The van der Waals surface area contributed by atoms with Gasteiger partial charge in [-0.25, -0.2) is 8.42 Å². The Labute approximate surface area is 161 Å². The molecule has 1 heterocycles. The standard InChI is InChI=1S/C17H26N2O5S.ClH/c1-2-10-24-15-5-7-16(8-6-15)25(22,23)19-9-3-4-14(13-19)11-18-12-17(20)21;/h5-8,14,18H,2-4,9-13H2,1H3,(H,20,21);1H. The second kappa shape index (κ2) is 10.7. The van der Waals surface area contributed by atoms with Gasteiger partial charge < -0.3 is 15.2 Å². The predicted molar refractivity (Wildman–Crippen MR) is 101 cm³/mol. The van der Waals surface area contributed by atoms with E-state index in [1.54, 1.807) is 24.3 Å². The van der Waals surface area contributed by atoms with Gasteiger partial charge in [0.25, 0.3) is 0 Å². The molecular weight excluding hydrogens is 380 g/mol. The van der Waals surface area contributed by atoms with Gasteiger partial charge in [0.05, 0.1) is 18.0 Å². The van der Waals surface area contributed by atoms with Crippen molar-refractivity contribution in [2.24, 2.45) is 5.92 Å². The Balaban J connectivity index is 0.00000338. The van der Waals surface area contributed by atoms with Crippen molar-refractivity contribution in [3.63, 3.8) is 0 Å². The highest BCUT2D eigenvalue weighted by Gasteiger charge is 2.30. The van der Waals surface area contributed by atoms with Gasteiger partial charge in [0, 0.05) is 13.1 Å². The Morgan fingerprint density at radius 2 is 2.04 bits per heavy atom. The lowest BCUT2D eigenvalue weighted by atomic mass is 10.00. The summed E-state index contributed by atoms with van der Waals surface area (Å²) in [6.45, 7) is 3.90. The molecular formula is C17H27ClN2O5S. The summed E-state index contributed by atoms with van der Waals surface area (Å²) in [5.41, 5.74) is 0. The van der Waals surface area contributed by atoms with Crippen LogP contribution in [0.15, 0.2) is 29.2 Å². The fourth-order valence-electron chi connectivity index (χ4n) is 2.87. The Bertz CT molecular complexity index is 666. The molecule has 26 heavy (non-hydrogen) atoms. The maximum absolute atomic E-state index is 12.8. The van der Waals surface area contributed by atoms with E-state index in [-0.39, 0.29) is 29.8 Å². The number of benzene rings is 1. The molecule has 0 radical (unpaired) electrons. The Hall–Kier alpha value is -1.35. The molecule has 7 nitrogen and oxygen atoms in total. The number of carbonyl (C=O) groups is 1. The van der Waals surface area contributed by atoms with E-state index >= 15 is 0 Å². The van der Waals surface area contributed by atoms with Crippen molar-refractivity contribution in [2.45, 2.75) is 31.1 Å². The summed E-state index contributed by atoms with van der Waals surface area (Å²) in [5.74, 6) is -0.129. The molecule has 1 aliphatic rings. The third-order valence-electron chi connectivity index (χ3n) is 4.13. The van der Waals surface area contributed by atoms with Crippen LogP contribution in [0.5, 0.6) is 5.75 Å². The van der Waals surface area contributed by atoms with Crippen LogP contribution < -0.4 is 10.1 Å². The Kier molecular flexibility index (Phi) is 9.35. The van der Waals surface area contributed by atoms with Crippen molar-refractivity contribution in [1.82, 2.24) is 9.62 Å². The number of piperidine rings is 1. The molecule has 0 bridgehead atoms. The second-order valence-corrected chi connectivity index (χ2v) is 8.15. The number of nitrogens with zero attached hydrogens (tertiary/aromatic N) is 1. The zero-order valence-electron chi connectivity index (χ0n) is 14.9. The lowest BCUT2D eigenvalue weighted by molar-refractivity contribution is -0.136. The van der Waals surface area contributed by atoms with Gasteiger partial charge in [0.2, 0.25) is 10.0 Å². The number of aliphatic carboxylic acids is 1. The molecule has 148 valence electrons. The molecule has 0 spiro atoms. The zero-order chi connectivity index (χ0) is 18.3. The molecule has 1 aliphatic heterocycles. The summed E-state index contributed by atoms with van der Waals surface area (Å²) in [6, 6.07) is 6.51. The topological polar surface area (TPSA) is 95.9 Å². The normalized spacial score (nSPS) is 18.1. The number of sulfonamides is 1. The Morgan fingerprint density at radius 3 is 2.65 bits per heavy atom. The van der Waals surface area contributed by atoms with E-state index in [1.165, 1.54) is 4.31 Å². The van der Waals surface area contributed by atoms with Crippen LogP contribution in [0.1, 0.15) is 26.2 Å². The third-order valence-corrected chi connectivity index (χ3v) is 6.00. The smallest absolute Gasteiger partial charge is 0.317 e. The average Bonchev–Trinajstić information content (AvgIpc) is 2.60. The van der Waals surface area contributed by atoms with Crippen molar-refractivity contribution in [3.05, 3.63) is 24.3 Å². The fourth-order valence-corrected chi connectivity index (χ4v) is 4.43. The monoisotopic (exact) mass is 406 g/mol. The molecule has 0 aromatic heterocycles. The quantitative estimate of drug-likeness (QED) is 0.650. The van der Waals surface area contributed by atoms with E-state index in [4.69, 9.17) is 9.84 Å². The van der Waals surface area contributed by atoms with Crippen LogP contribution in [0, 0.1) is 5.92 Å². The van der Waals surface area contributed by atoms with Gasteiger partial charge in [-0.15, -0.1) is 12.4 Å². The van der Waals surface area contributed by atoms with Gasteiger partial charge in [-0.05, 0) is 56.0 Å². The number of carboxylic acids is 1. The van der Waals surface area contributed by atoms with E-state index in [2.05, 4.69) is 5.32 Å². The van der Waals surface area contributed by atoms with Gasteiger partial charge in [0.15, 0.2) is 0 Å². The molecule has 0 aliphatic carbocycles. The zero-order valence-corrected chi connectivity index (χ0v) is 16.5. The molecule has 1 aromatic rings. The van der Waals surface area contributed by atoms with Gasteiger partial charge >= 0.3 is 5.97 Å². The van der Waals surface area contributed by atoms with Crippen molar-refractivity contribution < 1.29 is 23.1 Å². The lowest BCUT2D eigenvalue weighted by Crippen LogP contribution is -2.43. The third kappa shape index (κ3) is 6.42. The minimum absolute atomic E-state index is 0. The largest absolute Gasteiger partial charge is 0.494 e. The van der Waals surface area contributed by atoms with Crippen molar-refractivity contribution in [1.29, 1.82) is 0 Å². The predicted octanol–water partition coefficient (Wildman–Crippen LogP) is 1.97. The molecule has 2 N–H and O–H groups in total. The van der Waals surface area contributed by atoms with Crippen molar-refractivity contribution in [3.8, 4) is 5.75 Å². The molecule has 1 aromatic carbocycles. The van der Waals surface area contributed by atoms with Gasteiger partial charge in [-0.3, -0.25) is 4.79 Å². The molecule has 1 atom stereocenters. The highest BCUT2D eigenvalue weighted by molar-refractivity contribution is 7.89. The molecule has 2 rings (SSSR count). The van der Waals surface area contributed by atoms with E-state index < -0.39 is 16.0 Å². The van der Waals surface area contributed by atoms with Crippen LogP contribution in [-0.4, -0.2) is 56.6 Å². The van der Waals surface area contributed by atoms with Gasteiger partial charge in [-0.2, -0.15) is 4.31 Å². The van der Waals surface area contributed by atoms with E-state index in [1.807, 2.05) is 6.92 Å². The lowest BCUT2D eigenvalue weighted by Gasteiger charge is -2.32. The first-order valence-electron chi connectivity index (χ1n) is 8.59.